The highest BCUT2D eigenvalue weighted by atomic mass is 16.5. The lowest BCUT2D eigenvalue weighted by Gasteiger charge is -2.40. The van der Waals surface area contributed by atoms with Crippen LogP contribution in [0.25, 0.3) is 0 Å². The molecule has 0 aromatic heterocycles. The molecule has 0 radical (unpaired) electrons. The predicted octanol–water partition coefficient (Wildman–Crippen LogP) is -0.277. The number of carbonyl (C=O) groups excluding carboxylic acids is 2. The van der Waals surface area contributed by atoms with Crippen LogP contribution >= 0.6 is 0 Å². The highest BCUT2D eigenvalue weighted by molar-refractivity contribution is 5.89. The van der Waals surface area contributed by atoms with Crippen LogP contribution in [-0.2, 0) is 14.3 Å². The van der Waals surface area contributed by atoms with E-state index in [2.05, 4.69) is 12.2 Å². The normalized spacial score (nSPS) is 34.6. The van der Waals surface area contributed by atoms with Gasteiger partial charge in [-0.05, 0) is 25.2 Å². The molecule has 0 bridgehead atoms. The number of nitrogens with two attached hydrogens (primary N) is 1. The molecule has 6 heteroatoms. The summed E-state index contributed by atoms with van der Waals surface area (Å²) in [5, 5.41) is 2.60. The van der Waals surface area contributed by atoms with E-state index < -0.39 is 6.04 Å². The first-order chi connectivity index (χ1) is 9.54. The van der Waals surface area contributed by atoms with Crippen LogP contribution in [0.4, 0.5) is 0 Å². The van der Waals surface area contributed by atoms with E-state index in [1.54, 1.807) is 11.9 Å². The summed E-state index contributed by atoms with van der Waals surface area (Å²) in [4.78, 5) is 26.3. The van der Waals surface area contributed by atoms with Crippen LogP contribution in [-0.4, -0.2) is 55.6 Å². The first kappa shape index (κ1) is 15.3. The van der Waals surface area contributed by atoms with Gasteiger partial charge in [-0.2, -0.15) is 0 Å². The molecule has 2 aliphatic rings. The Hall–Kier alpha value is -1.14. The molecular formula is C14H25N3O3. The van der Waals surface area contributed by atoms with Crippen LogP contribution in [0, 0.1) is 11.8 Å². The highest BCUT2D eigenvalue weighted by Crippen LogP contribution is 2.30. The fourth-order valence-corrected chi connectivity index (χ4v) is 3.15. The number of hydrogen-bond acceptors (Lipinski definition) is 4. The third kappa shape index (κ3) is 3.12. The van der Waals surface area contributed by atoms with Crippen molar-refractivity contribution in [3.8, 4) is 0 Å². The largest absolute Gasteiger partial charge is 0.377 e. The molecule has 114 valence electrons. The first-order valence-corrected chi connectivity index (χ1v) is 7.40. The van der Waals surface area contributed by atoms with Crippen LogP contribution in [0.5, 0.6) is 0 Å². The predicted molar refractivity (Wildman–Crippen MR) is 74.9 cm³/mol. The van der Waals surface area contributed by atoms with E-state index in [9.17, 15) is 9.59 Å². The van der Waals surface area contributed by atoms with Gasteiger partial charge in [0.05, 0.1) is 19.1 Å². The van der Waals surface area contributed by atoms with Gasteiger partial charge >= 0.3 is 0 Å². The van der Waals surface area contributed by atoms with E-state index >= 15 is 0 Å². The fourth-order valence-electron chi connectivity index (χ4n) is 3.15. The smallest absolute Gasteiger partial charge is 0.244 e. The lowest BCUT2D eigenvalue weighted by Crippen LogP contribution is -2.58. The quantitative estimate of drug-likeness (QED) is 0.730. The molecule has 1 heterocycles. The van der Waals surface area contributed by atoms with Gasteiger partial charge in [0.25, 0.3) is 0 Å². The van der Waals surface area contributed by atoms with E-state index in [1.807, 2.05) is 0 Å². The molecule has 3 N–H and O–H groups in total. The first-order valence-electron chi connectivity index (χ1n) is 7.40. The standard InChI is InChI=1S/C14H25N3O3/c1-9-3-4-11(15)10(7-9)14(19)17-5-6-20-8-12(17)13(18)16-2/h9-12H,3-8,15H2,1-2H3,(H,16,18). The molecule has 20 heavy (non-hydrogen) atoms. The van der Waals surface area contributed by atoms with Gasteiger partial charge in [0, 0.05) is 19.6 Å². The molecule has 4 atom stereocenters. The molecule has 2 rings (SSSR count). The second-order valence-electron chi connectivity index (χ2n) is 5.93. The number of rotatable bonds is 2. The lowest BCUT2D eigenvalue weighted by molar-refractivity contribution is -0.153. The van der Waals surface area contributed by atoms with E-state index in [-0.39, 0.29) is 30.4 Å². The van der Waals surface area contributed by atoms with Crippen LogP contribution in [0.3, 0.4) is 0 Å². The van der Waals surface area contributed by atoms with Crippen molar-refractivity contribution >= 4 is 11.8 Å². The maximum atomic E-state index is 12.8. The molecule has 1 saturated carbocycles. The molecule has 2 amide bonds. The zero-order chi connectivity index (χ0) is 14.7. The van der Waals surface area contributed by atoms with Gasteiger partial charge in [-0.15, -0.1) is 0 Å². The number of nitrogens with zero attached hydrogens (tertiary/aromatic N) is 1. The molecular weight excluding hydrogens is 258 g/mol. The molecule has 1 aliphatic carbocycles. The Kier molecular flexibility index (Phi) is 4.99. The van der Waals surface area contributed by atoms with Crippen molar-refractivity contribution in [1.29, 1.82) is 0 Å². The number of hydrogen-bond donors (Lipinski definition) is 2. The molecule has 2 fully saturated rings. The number of morpholine rings is 1. The SMILES string of the molecule is CNC(=O)C1COCCN1C(=O)C1CC(C)CCC1N. The summed E-state index contributed by atoms with van der Waals surface area (Å²) in [5.74, 6) is 0.198. The molecule has 1 saturated heterocycles. The average Bonchev–Trinajstić information content (AvgIpc) is 2.48. The molecule has 6 nitrogen and oxygen atoms in total. The van der Waals surface area contributed by atoms with Crippen molar-refractivity contribution in [2.24, 2.45) is 17.6 Å². The monoisotopic (exact) mass is 283 g/mol. The Morgan fingerprint density at radius 1 is 1.35 bits per heavy atom. The Bertz CT molecular complexity index is 375. The van der Waals surface area contributed by atoms with Gasteiger partial charge in [0.15, 0.2) is 0 Å². The minimum atomic E-state index is -0.523. The Morgan fingerprint density at radius 3 is 2.80 bits per heavy atom. The van der Waals surface area contributed by atoms with Crippen LogP contribution in [0.1, 0.15) is 26.2 Å². The van der Waals surface area contributed by atoms with Gasteiger partial charge in [0.2, 0.25) is 11.8 Å². The average molecular weight is 283 g/mol. The molecule has 4 unspecified atom stereocenters. The van der Waals surface area contributed by atoms with Gasteiger partial charge in [-0.1, -0.05) is 6.92 Å². The van der Waals surface area contributed by atoms with Crippen molar-refractivity contribution < 1.29 is 14.3 Å². The minimum absolute atomic E-state index is 0.0148. The third-order valence-electron chi connectivity index (χ3n) is 4.44. The van der Waals surface area contributed by atoms with Crippen LogP contribution in [0.2, 0.25) is 0 Å². The summed E-state index contributed by atoms with van der Waals surface area (Å²) >= 11 is 0. The Balaban J connectivity index is 2.10. The zero-order valence-electron chi connectivity index (χ0n) is 12.3. The van der Waals surface area contributed by atoms with E-state index in [1.165, 1.54) is 0 Å². The molecule has 0 aromatic carbocycles. The van der Waals surface area contributed by atoms with E-state index in [4.69, 9.17) is 10.5 Å². The summed E-state index contributed by atoms with van der Waals surface area (Å²) in [6, 6.07) is -0.613. The second-order valence-corrected chi connectivity index (χ2v) is 5.93. The summed E-state index contributed by atoms with van der Waals surface area (Å²) in [6.45, 7) is 3.37. The van der Waals surface area contributed by atoms with Crippen molar-refractivity contribution in [3.63, 3.8) is 0 Å². The maximum Gasteiger partial charge on any atom is 0.244 e. The summed E-state index contributed by atoms with van der Waals surface area (Å²) in [6.07, 6.45) is 2.78. The fraction of sp³-hybridized carbons (Fsp3) is 0.857. The molecule has 0 aromatic rings. The highest BCUT2D eigenvalue weighted by Gasteiger charge is 2.39. The zero-order valence-corrected chi connectivity index (χ0v) is 12.3. The number of likely N-dealkylation sites (N-methyl/N-ethyl adjacent to an activating group) is 1. The number of nitrogens with one attached hydrogen (secondary N) is 1. The summed E-state index contributed by atoms with van der Waals surface area (Å²) in [7, 11) is 1.58. The van der Waals surface area contributed by atoms with E-state index in [0.29, 0.717) is 19.1 Å². The van der Waals surface area contributed by atoms with Gasteiger partial charge < -0.3 is 20.7 Å². The van der Waals surface area contributed by atoms with Crippen molar-refractivity contribution in [1.82, 2.24) is 10.2 Å². The Labute approximate surface area is 120 Å². The summed E-state index contributed by atoms with van der Waals surface area (Å²) in [5.41, 5.74) is 6.12. The second kappa shape index (κ2) is 6.54. The maximum absolute atomic E-state index is 12.8. The molecule has 0 spiro atoms. The number of carbonyl (C=O) groups is 2. The minimum Gasteiger partial charge on any atom is -0.377 e. The van der Waals surface area contributed by atoms with Crippen molar-refractivity contribution in [3.05, 3.63) is 0 Å². The topological polar surface area (TPSA) is 84.7 Å². The van der Waals surface area contributed by atoms with Gasteiger partial charge in [-0.3, -0.25) is 9.59 Å². The lowest BCUT2D eigenvalue weighted by atomic mass is 9.78. The van der Waals surface area contributed by atoms with Gasteiger partial charge in [0.1, 0.15) is 6.04 Å². The third-order valence-corrected chi connectivity index (χ3v) is 4.44. The summed E-state index contributed by atoms with van der Waals surface area (Å²) < 4.78 is 5.33. The number of ether oxygens (including phenoxy) is 1. The van der Waals surface area contributed by atoms with Crippen LogP contribution in [0.15, 0.2) is 0 Å². The molecule has 1 aliphatic heterocycles. The van der Waals surface area contributed by atoms with Crippen molar-refractivity contribution in [2.75, 3.05) is 26.8 Å². The van der Waals surface area contributed by atoms with Gasteiger partial charge in [-0.25, -0.2) is 0 Å². The van der Waals surface area contributed by atoms with E-state index in [0.717, 1.165) is 19.3 Å². The van der Waals surface area contributed by atoms with Crippen LogP contribution < -0.4 is 11.1 Å². The Morgan fingerprint density at radius 2 is 2.10 bits per heavy atom. The van der Waals surface area contributed by atoms with Crippen molar-refractivity contribution in [2.45, 2.75) is 38.3 Å². The number of amides is 2.